The second kappa shape index (κ2) is 5.84. The summed E-state index contributed by atoms with van der Waals surface area (Å²) in [6, 6.07) is 0. The predicted octanol–water partition coefficient (Wildman–Crippen LogP) is 1.26. The summed E-state index contributed by atoms with van der Waals surface area (Å²) in [6.07, 6.45) is 0. The third-order valence-electron chi connectivity index (χ3n) is 3.03. The first-order chi connectivity index (χ1) is 7.92. The Morgan fingerprint density at radius 1 is 1.47 bits per heavy atom. The van der Waals surface area contributed by atoms with Crippen molar-refractivity contribution in [2.75, 3.05) is 5.75 Å². The summed E-state index contributed by atoms with van der Waals surface area (Å²) in [4.78, 5) is 0. The Morgan fingerprint density at radius 2 is 2.12 bits per heavy atom. The molecule has 0 aromatic carbocycles. The Bertz CT molecular complexity index is 362. The Balaban J connectivity index is 2.73. The van der Waals surface area contributed by atoms with Gasteiger partial charge in [-0.3, -0.25) is 0 Å². The first-order valence-corrected chi connectivity index (χ1v) is 6.88. The van der Waals surface area contributed by atoms with Crippen molar-refractivity contribution in [3.63, 3.8) is 0 Å². The normalized spacial score (nSPS) is 15.2. The van der Waals surface area contributed by atoms with Crippen LogP contribution in [0.5, 0.6) is 0 Å². The van der Waals surface area contributed by atoms with E-state index in [0.717, 1.165) is 17.5 Å². The second-order valence-electron chi connectivity index (χ2n) is 4.65. The standard InChI is InChI=1S/C11H22N4OS/c1-5-15-9(6-12)13-14-10(15)17-7-11(4,16)8(2)3/h8,16H,5-7,12H2,1-4H3. The number of rotatable bonds is 6. The molecule has 17 heavy (non-hydrogen) atoms. The number of aromatic nitrogens is 3. The summed E-state index contributed by atoms with van der Waals surface area (Å²) in [5, 5.41) is 19.1. The van der Waals surface area contributed by atoms with Gasteiger partial charge in [-0.1, -0.05) is 25.6 Å². The van der Waals surface area contributed by atoms with Gasteiger partial charge in [-0.05, 0) is 19.8 Å². The van der Waals surface area contributed by atoms with Crippen molar-refractivity contribution in [1.82, 2.24) is 14.8 Å². The summed E-state index contributed by atoms with van der Waals surface area (Å²) in [5.41, 5.74) is 4.89. The van der Waals surface area contributed by atoms with Gasteiger partial charge in [-0.2, -0.15) is 0 Å². The fraction of sp³-hybridized carbons (Fsp3) is 0.818. The van der Waals surface area contributed by atoms with Crippen LogP contribution in [-0.4, -0.2) is 31.2 Å². The molecule has 0 fully saturated rings. The number of nitrogens with zero attached hydrogens (tertiary/aromatic N) is 3. The van der Waals surface area contributed by atoms with Crippen LogP contribution in [-0.2, 0) is 13.1 Å². The minimum atomic E-state index is -0.696. The second-order valence-corrected chi connectivity index (χ2v) is 5.59. The van der Waals surface area contributed by atoms with E-state index in [4.69, 9.17) is 5.73 Å². The zero-order chi connectivity index (χ0) is 13.1. The van der Waals surface area contributed by atoms with Crippen molar-refractivity contribution in [3.8, 4) is 0 Å². The largest absolute Gasteiger partial charge is 0.389 e. The van der Waals surface area contributed by atoms with Crippen molar-refractivity contribution < 1.29 is 5.11 Å². The highest BCUT2D eigenvalue weighted by Crippen LogP contribution is 2.26. The van der Waals surface area contributed by atoms with Crippen molar-refractivity contribution in [3.05, 3.63) is 5.82 Å². The predicted molar refractivity (Wildman–Crippen MR) is 69.8 cm³/mol. The van der Waals surface area contributed by atoms with E-state index in [1.54, 1.807) is 0 Å². The van der Waals surface area contributed by atoms with Crippen LogP contribution >= 0.6 is 11.8 Å². The molecule has 0 amide bonds. The van der Waals surface area contributed by atoms with Crippen molar-refractivity contribution in [1.29, 1.82) is 0 Å². The van der Waals surface area contributed by atoms with Gasteiger partial charge >= 0.3 is 0 Å². The molecule has 98 valence electrons. The molecule has 1 heterocycles. The Hall–Kier alpha value is -0.590. The molecule has 5 nitrogen and oxygen atoms in total. The fourth-order valence-electron chi connectivity index (χ4n) is 1.27. The van der Waals surface area contributed by atoms with Crippen LogP contribution in [0.2, 0.25) is 0 Å². The van der Waals surface area contributed by atoms with E-state index in [9.17, 15) is 5.11 Å². The molecular formula is C11H22N4OS. The number of hydrogen-bond acceptors (Lipinski definition) is 5. The number of aliphatic hydroxyl groups is 1. The summed E-state index contributed by atoms with van der Waals surface area (Å²) in [7, 11) is 0. The quantitative estimate of drug-likeness (QED) is 0.751. The van der Waals surface area contributed by atoms with Gasteiger partial charge in [0.2, 0.25) is 0 Å². The van der Waals surface area contributed by atoms with Gasteiger partial charge in [0, 0.05) is 12.3 Å². The first-order valence-electron chi connectivity index (χ1n) is 5.89. The van der Waals surface area contributed by atoms with E-state index < -0.39 is 5.60 Å². The molecule has 1 atom stereocenters. The van der Waals surface area contributed by atoms with Gasteiger partial charge < -0.3 is 15.4 Å². The lowest BCUT2D eigenvalue weighted by Crippen LogP contribution is -2.33. The molecule has 0 spiro atoms. The zero-order valence-electron chi connectivity index (χ0n) is 11.0. The van der Waals surface area contributed by atoms with E-state index in [1.165, 1.54) is 11.8 Å². The van der Waals surface area contributed by atoms with Crippen LogP contribution < -0.4 is 5.73 Å². The minimum absolute atomic E-state index is 0.210. The SMILES string of the molecule is CCn1c(CN)nnc1SCC(C)(O)C(C)C. The van der Waals surface area contributed by atoms with Crippen LogP contribution in [0.25, 0.3) is 0 Å². The minimum Gasteiger partial charge on any atom is -0.389 e. The highest BCUT2D eigenvalue weighted by atomic mass is 32.2. The van der Waals surface area contributed by atoms with Gasteiger partial charge in [0.05, 0.1) is 12.1 Å². The molecule has 0 aliphatic heterocycles. The number of nitrogens with two attached hydrogens (primary N) is 1. The first kappa shape index (κ1) is 14.5. The summed E-state index contributed by atoms with van der Waals surface area (Å²) >= 11 is 1.53. The monoisotopic (exact) mass is 258 g/mol. The third kappa shape index (κ3) is 3.43. The Labute approximate surface area is 107 Å². The highest BCUT2D eigenvalue weighted by molar-refractivity contribution is 7.99. The average molecular weight is 258 g/mol. The molecule has 1 aromatic rings. The smallest absolute Gasteiger partial charge is 0.191 e. The van der Waals surface area contributed by atoms with Gasteiger partial charge in [-0.25, -0.2) is 0 Å². The number of hydrogen-bond donors (Lipinski definition) is 2. The maximum Gasteiger partial charge on any atom is 0.191 e. The summed E-state index contributed by atoms with van der Waals surface area (Å²) in [5.74, 6) is 1.61. The zero-order valence-corrected chi connectivity index (χ0v) is 11.8. The van der Waals surface area contributed by atoms with Crippen LogP contribution in [0.3, 0.4) is 0 Å². The molecule has 1 unspecified atom stereocenters. The van der Waals surface area contributed by atoms with Gasteiger partial charge in [0.15, 0.2) is 5.16 Å². The molecule has 3 N–H and O–H groups in total. The Kier molecular flexibility index (Phi) is 4.97. The van der Waals surface area contributed by atoms with E-state index in [0.29, 0.717) is 12.3 Å². The maximum absolute atomic E-state index is 10.2. The van der Waals surface area contributed by atoms with E-state index in [1.807, 2.05) is 32.3 Å². The van der Waals surface area contributed by atoms with Crippen LogP contribution in [0, 0.1) is 5.92 Å². The third-order valence-corrected chi connectivity index (χ3v) is 4.32. The topological polar surface area (TPSA) is 77.0 Å². The number of thioether (sulfide) groups is 1. The van der Waals surface area contributed by atoms with E-state index in [2.05, 4.69) is 10.2 Å². The average Bonchev–Trinajstić information content (AvgIpc) is 2.68. The fourth-order valence-corrected chi connectivity index (χ4v) is 2.52. The molecule has 0 aliphatic carbocycles. The van der Waals surface area contributed by atoms with Crippen LogP contribution in [0.1, 0.15) is 33.5 Å². The van der Waals surface area contributed by atoms with Gasteiger partial charge in [0.1, 0.15) is 5.82 Å². The molecule has 0 saturated heterocycles. The highest BCUT2D eigenvalue weighted by Gasteiger charge is 2.26. The van der Waals surface area contributed by atoms with Gasteiger partial charge in [-0.15, -0.1) is 10.2 Å². The van der Waals surface area contributed by atoms with E-state index >= 15 is 0 Å². The van der Waals surface area contributed by atoms with Crippen LogP contribution in [0.4, 0.5) is 0 Å². The van der Waals surface area contributed by atoms with Crippen molar-refractivity contribution in [2.24, 2.45) is 11.7 Å². The molecule has 0 bridgehead atoms. The van der Waals surface area contributed by atoms with E-state index in [-0.39, 0.29) is 5.92 Å². The summed E-state index contributed by atoms with van der Waals surface area (Å²) < 4.78 is 1.99. The molecule has 1 rings (SSSR count). The molecule has 6 heteroatoms. The van der Waals surface area contributed by atoms with Crippen molar-refractivity contribution >= 4 is 11.8 Å². The molecular weight excluding hydrogens is 236 g/mol. The molecule has 0 aliphatic rings. The maximum atomic E-state index is 10.2. The lowest BCUT2D eigenvalue weighted by molar-refractivity contribution is 0.0376. The molecule has 1 aromatic heterocycles. The lowest BCUT2D eigenvalue weighted by Gasteiger charge is -2.26. The summed E-state index contributed by atoms with van der Waals surface area (Å²) in [6.45, 7) is 9.09. The van der Waals surface area contributed by atoms with Gasteiger partial charge in [0.25, 0.3) is 0 Å². The Morgan fingerprint density at radius 3 is 2.59 bits per heavy atom. The molecule has 0 radical (unpaired) electrons. The van der Waals surface area contributed by atoms with Crippen molar-refractivity contribution in [2.45, 2.75) is 51.5 Å². The lowest BCUT2D eigenvalue weighted by atomic mass is 9.95. The molecule has 0 saturated carbocycles. The van der Waals surface area contributed by atoms with Crippen LogP contribution in [0.15, 0.2) is 5.16 Å².